The Morgan fingerprint density at radius 1 is 1.03 bits per heavy atom. The van der Waals surface area contributed by atoms with E-state index in [1.54, 1.807) is 17.8 Å². The molecule has 0 bridgehead atoms. The van der Waals surface area contributed by atoms with Crippen LogP contribution in [-0.2, 0) is 4.74 Å². The Bertz CT molecular complexity index is 1180. The molecule has 1 N–H and O–H groups in total. The zero-order valence-electron chi connectivity index (χ0n) is 15.9. The normalized spacial score (nSPS) is 16.9. The Morgan fingerprint density at radius 3 is 2.59 bits per heavy atom. The van der Waals surface area contributed by atoms with Crippen LogP contribution in [0.4, 0.5) is 0 Å². The molecule has 1 unspecified atom stereocenters. The Balaban J connectivity index is 1.48. The largest absolute Gasteiger partial charge is 0.372 e. The highest BCUT2D eigenvalue weighted by molar-refractivity contribution is 7.99. The SMILES string of the molecule is O=c1cc(C2CCCCO2)nc2c(-c3ccc(Sc4ccccc4)cc3)c[nH]n12. The Labute approximate surface area is 172 Å². The minimum atomic E-state index is -0.110. The van der Waals surface area contributed by atoms with E-state index in [0.29, 0.717) is 5.65 Å². The van der Waals surface area contributed by atoms with Crippen molar-refractivity contribution in [3.8, 4) is 11.1 Å². The fraction of sp³-hybridized carbons (Fsp3) is 0.217. The Kier molecular flexibility index (Phi) is 4.96. The van der Waals surface area contributed by atoms with Gasteiger partial charge in [-0.2, -0.15) is 0 Å². The third-order valence-corrected chi connectivity index (χ3v) is 6.19. The molecule has 0 spiro atoms. The number of H-pyrrole nitrogens is 1. The summed E-state index contributed by atoms with van der Waals surface area (Å²) in [5.74, 6) is 0. The number of nitrogens with zero attached hydrogens (tertiary/aromatic N) is 2. The molecule has 5 nitrogen and oxygen atoms in total. The number of aromatic nitrogens is 3. The number of ether oxygens (including phenoxy) is 1. The molecule has 1 saturated heterocycles. The van der Waals surface area contributed by atoms with Crippen LogP contribution >= 0.6 is 11.8 Å². The van der Waals surface area contributed by atoms with Crippen LogP contribution in [0.1, 0.15) is 31.1 Å². The van der Waals surface area contributed by atoms with E-state index in [9.17, 15) is 4.79 Å². The van der Waals surface area contributed by atoms with E-state index in [2.05, 4.69) is 41.5 Å². The molecule has 5 rings (SSSR count). The second kappa shape index (κ2) is 7.89. The molecule has 2 aromatic heterocycles. The van der Waals surface area contributed by atoms with Crippen LogP contribution in [-0.4, -0.2) is 21.2 Å². The van der Waals surface area contributed by atoms with Crippen LogP contribution in [0, 0.1) is 0 Å². The van der Waals surface area contributed by atoms with Crippen molar-refractivity contribution in [2.75, 3.05) is 6.61 Å². The molecule has 1 aliphatic heterocycles. The number of nitrogens with one attached hydrogen (secondary N) is 1. The lowest BCUT2D eigenvalue weighted by atomic mass is 10.1. The lowest BCUT2D eigenvalue weighted by Crippen LogP contribution is -2.20. The number of rotatable bonds is 4. The minimum Gasteiger partial charge on any atom is -0.372 e. The molecular formula is C23H21N3O2S. The van der Waals surface area contributed by atoms with E-state index in [0.717, 1.165) is 42.7 Å². The van der Waals surface area contributed by atoms with Crippen molar-refractivity contribution in [1.29, 1.82) is 0 Å². The average molecular weight is 404 g/mol. The number of aromatic amines is 1. The van der Waals surface area contributed by atoms with Gasteiger partial charge in [0.25, 0.3) is 5.56 Å². The fourth-order valence-corrected chi connectivity index (χ4v) is 4.52. The standard InChI is InChI=1S/C23H21N3O2S/c27-22-14-20(21-8-4-5-13-28-21)25-23-19(15-24-26(22)23)16-9-11-18(12-10-16)29-17-6-2-1-3-7-17/h1-3,6-7,9-12,14-15,21,24H,4-5,8,13H2. The van der Waals surface area contributed by atoms with E-state index >= 15 is 0 Å². The van der Waals surface area contributed by atoms with Gasteiger partial charge >= 0.3 is 0 Å². The lowest BCUT2D eigenvalue weighted by Gasteiger charge is -2.21. The zero-order valence-corrected chi connectivity index (χ0v) is 16.7. The Hall–Kier alpha value is -2.83. The number of hydrogen-bond acceptors (Lipinski definition) is 4. The maximum Gasteiger partial charge on any atom is 0.273 e. The highest BCUT2D eigenvalue weighted by Gasteiger charge is 2.20. The minimum absolute atomic E-state index is 0.0890. The predicted octanol–water partition coefficient (Wildman–Crippen LogP) is 5.08. The first-order valence-electron chi connectivity index (χ1n) is 9.84. The Morgan fingerprint density at radius 2 is 1.83 bits per heavy atom. The van der Waals surface area contributed by atoms with Crippen molar-refractivity contribution in [1.82, 2.24) is 14.6 Å². The van der Waals surface area contributed by atoms with Crippen LogP contribution in [0.2, 0.25) is 0 Å². The summed E-state index contributed by atoms with van der Waals surface area (Å²) in [4.78, 5) is 19.7. The molecule has 1 aliphatic rings. The summed E-state index contributed by atoms with van der Waals surface area (Å²) >= 11 is 1.73. The van der Waals surface area contributed by atoms with Gasteiger partial charge in [0.2, 0.25) is 0 Å². The molecule has 1 fully saturated rings. The summed E-state index contributed by atoms with van der Waals surface area (Å²) in [5, 5.41) is 3.04. The van der Waals surface area contributed by atoms with Crippen molar-refractivity contribution in [2.24, 2.45) is 0 Å². The average Bonchev–Trinajstić information content (AvgIpc) is 3.20. The van der Waals surface area contributed by atoms with Gasteiger partial charge in [0.05, 0.1) is 11.8 Å². The third kappa shape index (κ3) is 3.73. The van der Waals surface area contributed by atoms with Crippen molar-refractivity contribution < 1.29 is 4.74 Å². The van der Waals surface area contributed by atoms with Crippen LogP contribution < -0.4 is 5.56 Å². The van der Waals surface area contributed by atoms with Gasteiger partial charge in [-0.15, -0.1) is 0 Å². The van der Waals surface area contributed by atoms with Gasteiger partial charge in [-0.25, -0.2) is 9.50 Å². The molecule has 1 atom stereocenters. The second-order valence-corrected chi connectivity index (χ2v) is 8.31. The maximum absolute atomic E-state index is 12.6. The highest BCUT2D eigenvalue weighted by Crippen LogP contribution is 2.31. The summed E-state index contributed by atoms with van der Waals surface area (Å²) in [6.07, 6.45) is 4.84. The number of benzene rings is 2. The van der Waals surface area contributed by atoms with Crippen molar-refractivity contribution in [3.05, 3.63) is 82.9 Å². The monoisotopic (exact) mass is 403 g/mol. The molecule has 29 heavy (non-hydrogen) atoms. The quantitative estimate of drug-likeness (QED) is 0.516. The van der Waals surface area contributed by atoms with Crippen molar-refractivity contribution in [2.45, 2.75) is 35.2 Å². The molecule has 4 aromatic rings. The smallest absolute Gasteiger partial charge is 0.273 e. The molecule has 3 heterocycles. The van der Waals surface area contributed by atoms with E-state index in [1.807, 2.05) is 24.4 Å². The fourth-order valence-electron chi connectivity index (χ4n) is 3.68. The molecule has 2 aromatic carbocycles. The van der Waals surface area contributed by atoms with E-state index in [4.69, 9.17) is 9.72 Å². The van der Waals surface area contributed by atoms with E-state index in [-0.39, 0.29) is 11.7 Å². The van der Waals surface area contributed by atoms with Gasteiger partial charge in [-0.1, -0.05) is 42.1 Å². The molecule has 146 valence electrons. The summed E-state index contributed by atoms with van der Waals surface area (Å²) in [5.41, 5.74) is 3.20. The van der Waals surface area contributed by atoms with Crippen LogP contribution in [0.3, 0.4) is 0 Å². The van der Waals surface area contributed by atoms with E-state index < -0.39 is 0 Å². The van der Waals surface area contributed by atoms with E-state index in [1.165, 1.54) is 14.3 Å². The zero-order chi connectivity index (χ0) is 19.6. The van der Waals surface area contributed by atoms with Gasteiger partial charge in [0.1, 0.15) is 0 Å². The number of hydrogen-bond donors (Lipinski definition) is 1. The predicted molar refractivity (Wildman–Crippen MR) is 114 cm³/mol. The topological polar surface area (TPSA) is 59.4 Å². The molecular weight excluding hydrogens is 382 g/mol. The first-order valence-corrected chi connectivity index (χ1v) is 10.7. The van der Waals surface area contributed by atoms with Gasteiger partial charge in [-0.05, 0) is 49.1 Å². The van der Waals surface area contributed by atoms with Crippen LogP contribution in [0.5, 0.6) is 0 Å². The summed E-state index contributed by atoms with van der Waals surface area (Å²) in [6, 6.07) is 20.2. The highest BCUT2D eigenvalue weighted by atomic mass is 32.2. The molecule has 0 saturated carbocycles. The van der Waals surface area contributed by atoms with Gasteiger partial charge < -0.3 is 4.74 Å². The molecule has 6 heteroatoms. The van der Waals surface area contributed by atoms with Gasteiger partial charge in [0.15, 0.2) is 5.65 Å². The second-order valence-electron chi connectivity index (χ2n) is 7.16. The van der Waals surface area contributed by atoms with Crippen molar-refractivity contribution in [3.63, 3.8) is 0 Å². The summed E-state index contributed by atoms with van der Waals surface area (Å²) in [6.45, 7) is 0.728. The molecule has 0 radical (unpaired) electrons. The van der Waals surface area contributed by atoms with Gasteiger partial charge in [0, 0.05) is 34.2 Å². The summed E-state index contributed by atoms with van der Waals surface area (Å²) < 4.78 is 7.33. The third-order valence-electron chi connectivity index (χ3n) is 5.17. The van der Waals surface area contributed by atoms with Crippen molar-refractivity contribution >= 4 is 17.4 Å². The maximum atomic E-state index is 12.6. The van der Waals surface area contributed by atoms with Crippen LogP contribution in [0.15, 0.2) is 81.4 Å². The first-order chi connectivity index (χ1) is 14.3. The number of fused-ring (bicyclic) bond motifs is 1. The first kappa shape index (κ1) is 18.2. The molecule has 0 aliphatic carbocycles. The lowest BCUT2D eigenvalue weighted by molar-refractivity contribution is 0.0123. The van der Waals surface area contributed by atoms with Gasteiger partial charge in [-0.3, -0.25) is 9.89 Å². The summed E-state index contributed by atoms with van der Waals surface area (Å²) in [7, 11) is 0. The van der Waals surface area contributed by atoms with Crippen LogP contribution in [0.25, 0.3) is 16.8 Å². The molecule has 0 amide bonds.